The summed E-state index contributed by atoms with van der Waals surface area (Å²) in [7, 11) is 3.52. The van der Waals surface area contributed by atoms with Gasteiger partial charge in [-0.3, -0.25) is 4.79 Å². The van der Waals surface area contributed by atoms with Gasteiger partial charge in [0.1, 0.15) is 0 Å². The van der Waals surface area contributed by atoms with Crippen molar-refractivity contribution in [2.75, 3.05) is 39.0 Å². The molecule has 3 fully saturated rings. The van der Waals surface area contributed by atoms with Crippen molar-refractivity contribution in [1.82, 2.24) is 9.80 Å². The van der Waals surface area contributed by atoms with Crippen molar-refractivity contribution in [2.45, 2.75) is 18.9 Å². The number of hydrogen-bond donors (Lipinski definition) is 1. The zero-order valence-corrected chi connectivity index (χ0v) is 13.4. The fourth-order valence-corrected chi connectivity index (χ4v) is 3.53. The lowest BCUT2D eigenvalue weighted by Gasteiger charge is -2.45. The molecular formula is C16H22ClN3O. The van der Waals surface area contributed by atoms with E-state index in [0.717, 1.165) is 18.2 Å². The Labute approximate surface area is 131 Å². The third-order valence-corrected chi connectivity index (χ3v) is 4.95. The number of piperidine rings is 3. The number of nitrogens with one attached hydrogen (secondary N) is 1. The van der Waals surface area contributed by atoms with Crippen LogP contribution >= 0.6 is 11.6 Å². The first kappa shape index (κ1) is 14.7. The van der Waals surface area contributed by atoms with Crippen LogP contribution in [0.3, 0.4) is 0 Å². The van der Waals surface area contributed by atoms with E-state index in [4.69, 9.17) is 11.6 Å². The first-order chi connectivity index (χ1) is 10.0. The Balaban J connectivity index is 1.78. The first-order valence-electron chi connectivity index (χ1n) is 7.54. The molecule has 5 heteroatoms. The van der Waals surface area contributed by atoms with Crippen LogP contribution in [0.2, 0.25) is 5.02 Å². The Kier molecular flexibility index (Phi) is 4.09. The number of halogens is 1. The van der Waals surface area contributed by atoms with Gasteiger partial charge < -0.3 is 15.1 Å². The molecule has 1 N–H and O–H groups in total. The van der Waals surface area contributed by atoms with E-state index in [0.29, 0.717) is 16.6 Å². The summed E-state index contributed by atoms with van der Waals surface area (Å²) in [4.78, 5) is 16.2. The minimum atomic E-state index is 0.00336. The molecule has 1 aromatic carbocycles. The Hall–Kier alpha value is -1.26. The summed E-state index contributed by atoms with van der Waals surface area (Å²) in [6.07, 6.45) is 2.51. The topological polar surface area (TPSA) is 35.6 Å². The molecule has 3 heterocycles. The van der Waals surface area contributed by atoms with Crippen molar-refractivity contribution < 1.29 is 4.79 Å². The van der Waals surface area contributed by atoms with Gasteiger partial charge in [-0.1, -0.05) is 11.6 Å². The molecular weight excluding hydrogens is 286 g/mol. The Morgan fingerprint density at radius 1 is 1.33 bits per heavy atom. The van der Waals surface area contributed by atoms with E-state index in [9.17, 15) is 4.79 Å². The van der Waals surface area contributed by atoms with Crippen molar-refractivity contribution in [1.29, 1.82) is 0 Å². The molecule has 3 saturated heterocycles. The molecule has 114 valence electrons. The molecule has 1 amide bonds. The molecule has 0 radical (unpaired) electrons. The van der Waals surface area contributed by atoms with Crippen molar-refractivity contribution in [3.8, 4) is 0 Å². The Morgan fingerprint density at radius 3 is 2.62 bits per heavy atom. The van der Waals surface area contributed by atoms with Gasteiger partial charge in [0.25, 0.3) is 5.91 Å². The average molecular weight is 308 g/mol. The monoisotopic (exact) mass is 307 g/mol. The summed E-state index contributed by atoms with van der Waals surface area (Å²) in [6.45, 7) is 3.51. The van der Waals surface area contributed by atoms with Gasteiger partial charge in [-0.15, -0.1) is 0 Å². The van der Waals surface area contributed by atoms with Crippen molar-refractivity contribution in [3.63, 3.8) is 0 Å². The van der Waals surface area contributed by atoms with Crippen molar-refractivity contribution >= 4 is 23.2 Å². The Bertz CT molecular complexity index is 538. The van der Waals surface area contributed by atoms with Crippen LogP contribution in [0.5, 0.6) is 0 Å². The van der Waals surface area contributed by atoms with Crippen LogP contribution in [0.1, 0.15) is 23.2 Å². The molecule has 3 aliphatic rings. The molecule has 0 aliphatic carbocycles. The summed E-state index contributed by atoms with van der Waals surface area (Å²) in [5, 5.41) is 4.25. The maximum atomic E-state index is 12.1. The van der Waals surface area contributed by atoms with Gasteiger partial charge in [0.15, 0.2) is 0 Å². The highest BCUT2D eigenvalue weighted by atomic mass is 35.5. The standard InChI is InChI=1S/C16H22ClN3O/c1-19(2)16(21)12-3-4-13(17)14(9-12)18-15-10-20-7-5-11(15)6-8-20/h3-4,9,11,15,18H,5-8,10H2,1-2H3. The van der Waals surface area contributed by atoms with E-state index in [2.05, 4.69) is 10.2 Å². The summed E-state index contributed by atoms with van der Waals surface area (Å²) < 4.78 is 0. The second-order valence-corrected chi connectivity index (χ2v) is 6.69. The van der Waals surface area contributed by atoms with Gasteiger partial charge in [-0.25, -0.2) is 0 Å². The van der Waals surface area contributed by atoms with Crippen LogP contribution in [0.25, 0.3) is 0 Å². The average Bonchev–Trinajstić information content (AvgIpc) is 2.50. The molecule has 0 saturated carbocycles. The van der Waals surface area contributed by atoms with Crippen LogP contribution in [-0.2, 0) is 0 Å². The van der Waals surface area contributed by atoms with Gasteiger partial charge in [0.2, 0.25) is 0 Å². The lowest BCUT2D eigenvalue weighted by Crippen LogP contribution is -2.53. The van der Waals surface area contributed by atoms with E-state index < -0.39 is 0 Å². The van der Waals surface area contributed by atoms with Crippen LogP contribution in [-0.4, -0.2) is 55.5 Å². The zero-order valence-electron chi connectivity index (χ0n) is 12.6. The second kappa shape index (κ2) is 5.85. The Morgan fingerprint density at radius 2 is 2.05 bits per heavy atom. The smallest absolute Gasteiger partial charge is 0.253 e. The molecule has 21 heavy (non-hydrogen) atoms. The molecule has 3 aliphatic heterocycles. The highest BCUT2D eigenvalue weighted by molar-refractivity contribution is 6.33. The largest absolute Gasteiger partial charge is 0.380 e. The SMILES string of the molecule is CN(C)C(=O)c1ccc(Cl)c(NC2CN3CCC2CC3)c1. The van der Waals surface area contributed by atoms with Crippen molar-refractivity contribution in [2.24, 2.45) is 5.92 Å². The van der Waals surface area contributed by atoms with Crippen LogP contribution < -0.4 is 5.32 Å². The molecule has 1 aromatic rings. The molecule has 4 rings (SSSR count). The quantitative estimate of drug-likeness (QED) is 0.932. The highest BCUT2D eigenvalue weighted by Crippen LogP contribution is 2.32. The number of fused-ring (bicyclic) bond motifs is 3. The second-order valence-electron chi connectivity index (χ2n) is 6.28. The fraction of sp³-hybridized carbons (Fsp3) is 0.562. The van der Waals surface area contributed by atoms with E-state index in [-0.39, 0.29) is 5.91 Å². The summed E-state index contributed by atoms with van der Waals surface area (Å²) in [5.74, 6) is 0.725. The lowest BCUT2D eigenvalue weighted by molar-refractivity contribution is 0.0827. The maximum Gasteiger partial charge on any atom is 0.253 e. The number of anilines is 1. The summed E-state index contributed by atoms with van der Waals surface area (Å²) >= 11 is 6.30. The number of rotatable bonds is 3. The molecule has 2 bridgehead atoms. The van der Waals surface area contributed by atoms with Gasteiger partial charge in [0, 0.05) is 32.2 Å². The van der Waals surface area contributed by atoms with E-state index >= 15 is 0 Å². The number of benzene rings is 1. The summed E-state index contributed by atoms with van der Waals surface area (Å²) in [5.41, 5.74) is 1.55. The number of hydrogen-bond acceptors (Lipinski definition) is 3. The minimum absolute atomic E-state index is 0.00336. The third kappa shape index (κ3) is 3.01. The molecule has 1 unspecified atom stereocenters. The van der Waals surface area contributed by atoms with E-state index in [1.165, 1.54) is 25.9 Å². The number of carbonyl (C=O) groups is 1. The van der Waals surface area contributed by atoms with E-state index in [1.54, 1.807) is 25.1 Å². The normalized spacial score (nSPS) is 27.5. The van der Waals surface area contributed by atoms with Gasteiger partial charge in [-0.2, -0.15) is 0 Å². The predicted octanol–water partition coefficient (Wildman–Crippen LogP) is 2.55. The summed E-state index contributed by atoms with van der Waals surface area (Å²) in [6, 6.07) is 5.91. The number of carbonyl (C=O) groups excluding carboxylic acids is 1. The third-order valence-electron chi connectivity index (χ3n) is 4.62. The number of nitrogens with zero attached hydrogens (tertiary/aromatic N) is 2. The van der Waals surface area contributed by atoms with Gasteiger partial charge >= 0.3 is 0 Å². The lowest BCUT2D eigenvalue weighted by atomic mass is 9.84. The number of amides is 1. The van der Waals surface area contributed by atoms with E-state index in [1.807, 2.05) is 12.1 Å². The highest BCUT2D eigenvalue weighted by Gasteiger charge is 2.34. The fourth-order valence-electron chi connectivity index (χ4n) is 3.36. The van der Waals surface area contributed by atoms with Crippen LogP contribution in [0.15, 0.2) is 18.2 Å². The minimum Gasteiger partial charge on any atom is -0.380 e. The van der Waals surface area contributed by atoms with Crippen molar-refractivity contribution in [3.05, 3.63) is 28.8 Å². The zero-order chi connectivity index (χ0) is 15.0. The van der Waals surface area contributed by atoms with Gasteiger partial charge in [-0.05, 0) is 50.0 Å². The first-order valence-corrected chi connectivity index (χ1v) is 7.92. The predicted molar refractivity (Wildman–Crippen MR) is 86.0 cm³/mol. The molecule has 4 nitrogen and oxygen atoms in total. The van der Waals surface area contributed by atoms with Crippen LogP contribution in [0.4, 0.5) is 5.69 Å². The van der Waals surface area contributed by atoms with Crippen LogP contribution in [0, 0.1) is 5.92 Å². The van der Waals surface area contributed by atoms with Gasteiger partial charge in [0.05, 0.1) is 10.7 Å². The molecule has 0 spiro atoms. The maximum absolute atomic E-state index is 12.1. The molecule has 1 atom stereocenters. The molecule has 0 aromatic heterocycles.